The van der Waals surface area contributed by atoms with Crippen LogP contribution in [0, 0.1) is 11.8 Å². The summed E-state index contributed by atoms with van der Waals surface area (Å²) in [7, 11) is 0. The molecule has 0 aromatic rings. The van der Waals surface area contributed by atoms with Crippen LogP contribution in [0.5, 0.6) is 0 Å². The molecule has 0 aromatic carbocycles. The quantitative estimate of drug-likeness (QED) is 0.802. The van der Waals surface area contributed by atoms with Crippen molar-refractivity contribution in [2.75, 3.05) is 0 Å². The number of likely N-dealkylation sites (tertiary alicyclic amines) is 1. The molecule has 116 valence electrons. The Hall–Kier alpha value is -0.570. The van der Waals surface area contributed by atoms with Crippen LogP contribution in [0.1, 0.15) is 72.1 Å². The zero-order chi connectivity index (χ0) is 14.7. The van der Waals surface area contributed by atoms with Crippen LogP contribution in [0.2, 0.25) is 0 Å². The van der Waals surface area contributed by atoms with Crippen LogP contribution in [-0.2, 0) is 4.79 Å². The Labute approximate surface area is 123 Å². The topological polar surface area (TPSA) is 40.5 Å². The molecule has 3 heteroatoms. The predicted octanol–water partition coefficient (Wildman–Crippen LogP) is 3.92. The first-order valence-electron chi connectivity index (χ1n) is 8.58. The van der Waals surface area contributed by atoms with Gasteiger partial charge >= 0.3 is 5.97 Å². The Bertz CT molecular complexity index is 331. The van der Waals surface area contributed by atoms with Crippen molar-refractivity contribution in [2.24, 2.45) is 11.8 Å². The van der Waals surface area contributed by atoms with Gasteiger partial charge in [0.15, 0.2) is 0 Å². The van der Waals surface area contributed by atoms with Gasteiger partial charge < -0.3 is 5.11 Å². The summed E-state index contributed by atoms with van der Waals surface area (Å²) in [6, 6.07) is 0.773. The molecule has 0 spiro atoms. The summed E-state index contributed by atoms with van der Waals surface area (Å²) in [5.41, 5.74) is 0. The highest BCUT2D eigenvalue weighted by atomic mass is 16.4. The van der Waals surface area contributed by atoms with E-state index in [1.807, 2.05) is 0 Å². The minimum absolute atomic E-state index is 0.225. The Kier molecular flexibility index (Phi) is 5.48. The highest BCUT2D eigenvalue weighted by Crippen LogP contribution is 2.42. The molecule has 2 aliphatic rings. The second kappa shape index (κ2) is 6.93. The van der Waals surface area contributed by atoms with Crippen LogP contribution in [0.3, 0.4) is 0 Å². The molecule has 1 N–H and O–H groups in total. The molecule has 0 radical (unpaired) electrons. The first-order valence-corrected chi connectivity index (χ1v) is 8.58. The van der Waals surface area contributed by atoms with E-state index in [1.54, 1.807) is 0 Å². The van der Waals surface area contributed by atoms with Gasteiger partial charge in [0.2, 0.25) is 0 Å². The molecule has 1 heterocycles. The zero-order valence-electron chi connectivity index (χ0n) is 13.3. The molecule has 1 aliphatic heterocycles. The lowest BCUT2D eigenvalue weighted by Gasteiger charge is -2.39. The van der Waals surface area contributed by atoms with Crippen molar-refractivity contribution < 1.29 is 9.90 Å². The van der Waals surface area contributed by atoms with Gasteiger partial charge in [-0.15, -0.1) is 0 Å². The van der Waals surface area contributed by atoms with Crippen LogP contribution in [0.25, 0.3) is 0 Å². The minimum atomic E-state index is -0.595. The second-order valence-electron chi connectivity index (χ2n) is 6.96. The van der Waals surface area contributed by atoms with Gasteiger partial charge in [0.1, 0.15) is 6.04 Å². The number of carbonyl (C=O) groups is 1. The van der Waals surface area contributed by atoms with E-state index in [9.17, 15) is 9.90 Å². The number of rotatable bonds is 6. The number of aliphatic carboxylic acids is 1. The van der Waals surface area contributed by atoms with Crippen molar-refractivity contribution in [1.82, 2.24) is 4.90 Å². The van der Waals surface area contributed by atoms with Crippen molar-refractivity contribution in [3.8, 4) is 0 Å². The molecule has 20 heavy (non-hydrogen) atoms. The summed E-state index contributed by atoms with van der Waals surface area (Å²) in [4.78, 5) is 14.1. The lowest BCUT2D eigenvalue weighted by Crippen LogP contribution is -2.48. The van der Waals surface area contributed by atoms with Gasteiger partial charge in [-0.05, 0) is 43.9 Å². The van der Waals surface area contributed by atoms with Crippen molar-refractivity contribution in [1.29, 1.82) is 0 Å². The number of carboxylic acid groups (broad SMARTS) is 1. The van der Waals surface area contributed by atoms with E-state index >= 15 is 0 Å². The molecule has 5 atom stereocenters. The summed E-state index contributed by atoms with van der Waals surface area (Å²) in [6.07, 6.45) is 9.34. The van der Waals surface area contributed by atoms with E-state index in [1.165, 1.54) is 32.1 Å². The zero-order valence-corrected chi connectivity index (χ0v) is 13.3. The predicted molar refractivity (Wildman–Crippen MR) is 81.8 cm³/mol. The molecule has 0 aromatic heterocycles. The third-order valence-electron chi connectivity index (χ3n) is 5.69. The van der Waals surface area contributed by atoms with E-state index in [4.69, 9.17) is 0 Å². The fourth-order valence-electron chi connectivity index (χ4n) is 4.38. The number of hydrogen-bond donors (Lipinski definition) is 1. The van der Waals surface area contributed by atoms with Crippen LogP contribution in [0.4, 0.5) is 0 Å². The van der Waals surface area contributed by atoms with Crippen molar-refractivity contribution in [2.45, 2.75) is 90.3 Å². The van der Waals surface area contributed by atoms with Gasteiger partial charge in [-0.3, -0.25) is 9.69 Å². The van der Waals surface area contributed by atoms with Gasteiger partial charge in [0, 0.05) is 12.1 Å². The van der Waals surface area contributed by atoms with E-state index in [0.717, 1.165) is 19.3 Å². The molecule has 5 unspecified atom stereocenters. The van der Waals surface area contributed by atoms with Gasteiger partial charge in [-0.25, -0.2) is 0 Å². The first kappa shape index (κ1) is 15.8. The maximum absolute atomic E-state index is 11.7. The molecule has 2 fully saturated rings. The summed E-state index contributed by atoms with van der Waals surface area (Å²) in [6.45, 7) is 6.76. The fourth-order valence-corrected chi connectivity index (χ4v) is 4.38. The molecule has 0 amide bonds. The molecule has 0 bridgehead atoms. The molecule has 1 saturated heterocycles. The van der Waals surface area contributed by atoms with Crippen molar-refractivity contribution in [3.05, 3.63) is 0 Å². The van der Waals surface area contributed by atoms with Crippen LogP contribution in [0.15, 0.2) is 0 Å². The van der Waals surface area contributed by atoms with E-state index in [-0.39, 0.29) is 6.04 Å². The number of fused-ring (bicyclic) bond motifs is 1. The molecule has 1 saturated carbocycles. The average molecular weight is 281 g/mol. The average Bonchev–Trinajstić information content (AvgIpc) is 2.84. The third-order valence-corrected chi connectivity index (χ3v) is 5.69. The number of nitrogens with zero attached hydrogens (tertiary/aromatic N) is 1. The third kappa shape index (κ3) is 3.19. The Morgan fingerprint density at radius 1 is 1.25 bits per heavy atom. The molecular weight excluding hydrogens is 250 g/mol. The highest BCUT2D eigenvalue weighted by molar-refractivity contribution is 5.74. The SMILES string of the molecule is CCC(C)CC(CC)N1C(C(=O)O)CC2CCCCC21. The van der Waals surface area contributed by atoms with Gasteiger partial charge in [0.25, 0.3) is 0 Å². The van der Waals surface area contributed by atoms with Crippen molar-refractivity contribution >= 4 is 5.97 Å². The molecule has 3 nitrogen and oxygen atoms in total. The number of carboxylic acids is 1. The van der Waals surface area contributed by atoms with E-state index < -0.39 is 5.97 Å². The second-order valence-corrected chi connectivity index (χ2v) is 6.96. The van der Waals surface area contributed by atoms with Gasteiger partial charge in [-0.1, -0.05) is 40.0 Å². The largest absolute Gasteiger partial charge is 0.480 e. The highest BCUT2D eigenvalue weighted by Gasteiger charge is 2.47. The Balaban J connectivity index is 2.16. The summed E-state index contributed by atoms with van der Waals surface area (Å²) < 4.78 is 0. The normalized spacial score (nSPS) is 33.6. The summed E-state index contributed by atoms with van der Waals surface area (Å²) in [5, 5.41) is 9.62. The summed E-state index contributed by atoms with van der Waals surface area (Å²) in [5.74, 6) is 0.731. The van der Waals surface area contributed by atoms with E-state index in [0.29, 0.717) is 23.9 Å². The van der Waals surface area contributed by atoms with Crippen LogP contribution < -0.4 is 0 Å². The van der Waals surface area contributed by atoms with Gasteiger partial charge in [-0.2, -0.15) is 0 Å². The van der Waals surface area contributed by atoms with Crippen molar-refractivity contribution in [3.63, 3.8) is 0 Å². The molecular formula is C17H31NO2. The molecule has 2 rings (SSSR count). The lowest BCUT2D eigenvalue weighted by molar-refractivity contribution is -0.143. The van der Waals surface area contributed by atoms with Crippen LogP contribution in [-0.4, -0.2) is 34.1 Å². The fraction of sp³-hybridized carbons (Fsp3) is 0.941. The maximum Gasteiger partial charge on any atom is 0.320 e. The maximum atomic E-state index is 11.7. The summed E-state index contributed by atoms with van der Waals surface area (Å²) >= 11 is 0. The van der Waals surface area contributed by atoms with Gasteiger partial charge in [0.05, 0.1) is 0 Å². The monoisotopic (exact) mass is 281 g/mol. The van der Waals surface area contributed by atoms with Crippen LogP contribution >= 0.6 is 0 Å². The van der Waals surface area contributed by atoms with E-state index in [2.05, 4.69) is 25.7 Å². The minimum Gasteiger partial charge on any atom is -0.480 e. The lowest BCUT2D eigenvalue weighted by atomic mass is 9.84. The Morgan fingerprint density at radius 2 is 1.95 bits per heavy atom. The standard InChI is InChI=1S/C17H31NO2/c1-4-12(3)10-14(5-2)18-15-9-7-6-8-13(15)11-16(18)17(19)20/h12-16H,4-11H2,1-3H3,(H,19,20). The Morgan fingerprint density at radius 3 is 2.55 bits per heavy atom. The first-order chi connectivity index (χ1) is 9.58. The number of hydrogen-bond acceptors (Lipinski definition) is 2. The smallest absolute Gasteiger partial charge is 0.320 e. The molecule has 1 aliphatic carbocycles.